The number of hydrogen-bond acceptors (Lipinski definition) is 4. The zero-order valence-electron chi connectivity index (χ0n) is 13.3. The van der Waals surface area contributed by atoms with Crippen LogP contribution in [0, 0.1) is 5.92 Å². The topological polar surface area (TPSA) is 75.6 Å². The van der Waals surface area contributed by atoms with E-state index in [1.165, 1.54) is 5.56 Å². The molecule has 2 N–H and O–H groups in total. The van der Waals surface area contributed by atoms with E-state index in [2.05, 4.69) is 0 Å². The van der Waals surface area contributed by atoms with Gasteiger partial charge in [0.25, 0.3) is 0 Å². The van der Waals surface area contributed by atoms with Crippen LogP contribution in [0.4, 0.5) is 0 Å². The molecule has 1 aliphatic rings. The number of hydrogen-bond donors (Lipinski definition) is 2. The summed E-state index contributed by atoms with van der Waals surface area (Å²) in [6.45, 7) is 5.53. The maximum atomic E-state index is 11.9. The molecule has 0 heterocycles. The van der Waals surface area contributed by atoms with E-state index in [0.29, 0.717) is 6.42 Å². The van der Waals surface area contributed by atoms with Gasteiger partial charge in [-0.3, -0.25) is 14.8 Å². The fourth-order valence-corrected chi connectivity index (χ4v) is 2.78. The van der Waals surface area contributed by atoms with Crippen molar-refractivity contribution in [1.29, 1.82) is 0 Å². The fraction of sp³-hybridized carbons (Fsp3) is 0.529. The number of carbonyl (C=O) groups is 2. The highest BCUT2D eigenvalue weighted by molar-refractivity contribution is 5.78. The molecule has 0 fully saturated rings. The van der Waals surface area contributed by atoms with E-state index in [-0.39, 0.29) is 24.2 Å². The molecule has 1 amide bonds. The van der Waals surface area contributed by atoms with Crippen LogP contribution in [0.1, 0.15) is 43.9 Å². The normalized spacial score (nSPS) is 17.5. The van der Waals surface area contributed by atoms with Crippen LogP contribution < -0.4 is 5.48 Å². The Labute approximate surface area is 130 Å². The highest BCUT2D eigenvalue weighted by Gasteiger charge is 2.25. The second kappa shape index (κ2) is 6.48. The molecule has 22 heavy (non-hydrogen) atoms. The van der Waals surface area contributed by atoms with Gasteiger partial charge in [-0.15, -0.1) is 0 Å². The number of ether oxygens (including phenoxy) is 1. The molecular formula is C17H23NO4. The van der Waals surface area contributed by atoms with Gasteiger partial charge >= 0.3 is 5.97 Å². The predicted octanol–water partition coefficient (Wildman–Crippen LogP) is 2.18. The van der Waals surface area contributed by atoms with E-state index in [4.69, 9.17) is 9.94 Å². The van der Waals surface area contributed by atoms with E-state index in [1.807, 2.05) is 39.0 Å². The molecule has 120 valence electrons. The summed E-state index contributed by atoms with van der Waals surface area (Å²) in [4.78, 5) is 23.5. The SMILES string of the molecule is CC(C)(C)OC(=O)Cc1ccc2c(c1)CC(C(=O)NO)CC2. The molecule has 1 aromatic rings. The molecule has 0 bridgehead atoms. The summed E-state index contributed by atoms with van der Waals surface area (Å²) in [5.41, 5.74) is 4.40. The third-order valence-electron chi connectivity index (χ3n) is 3.75. The van der Waals surface area contributed by atoms with Crippen LogP contribution in [-0.4, -0.2) is 22.7 Å². The zero-order chi connectivity index (χ0) is 16.3. The Balaban J connectivity index is 2.08. The van der Waals surface area contributed by atoms with Gasteiger partial charge in [-0.25, -0.2) is 5.48 Å². The highest BCUT2D eigenvalue weighted by atomic mass is 16.6. The van der Waals surface area contributed by atoms with Crippen LogP contribution in [0.3, 0.4) is 0 Å². The van der Waals surface area contributed by atoms with Gasteiger partial charge in [-0.2, -0.15) is 0 Å². The van der Waals surface area contributed by atoms with Crippen molar-refractivity contribution in [2.45, 2.75) is 52.1 Å². The molecule has 5 heteroatoms. The third kappa shape index (κ3) is 4.31. The van der Waals surface area contributed by atoms with Gasteiger partial charge in [0.05, 0.1) is 6.42 Å². The quantitative estimate of drug-likeness (QED) is 0.510. The van der Waals surface area contributed by atoms with Crippen LogP contribution in [-0.2, 0) is 33.6 Å². The summed E-state index contributed by atoms with van der Waals surface area (Å²) in [7, 11) is 0. The fourth-order valence-electron chi connectivity index (χ4n) is 2.78. The maximum Gasteiger partial charge on any atom is 0.310 e. The van der Waals surface area contributed by atoms with Crippen LogP contribution in [0.25, 0.3) is 0 Å². The number of rotatable bonds is 3. The Hall–Kier alpha value is -1.88. The van der Waals surface area contributed by atoms with E-state index in [0.717, 1.165) is 24.0 Å². The van der Waals surface area contributed by atoms with Crippen molar-refractivity contribution in [2.75, 3.05) is 0 Å². The molecule has 1 atom stereocenters. The minimum Gasteiger partial charge on any atom is -0.460 e. The second-order valence-corrected chi connectivity index (χ2v) is 6.78. The van der Waals surface area contributed by atoms with Gasteiger partial charge in [-0.05, 0) is 56.7 Å². The van der Waals surface area contributed by atoms with Crippen molar-refractivity contribution < 1.29 is 19.5 Å². The Morgan fingerprint density at radius 3 is 2.68 bits per heavy atom. The average Bonchev–Trinajstić information content (AvgIpc) is 2.43. The summed E-state index contributed by atoms with van der Waals surface area (Å²) in [6.07, 6.45) is 2.34. The molecule has 2 rings (SSSR count). The first-order valence-corrected chi connectivity index (χ1v) is 7.55. The molecule has 0 radical (unpaired) electrons. The minimum atomic E-state index is -0.490. The van der Waals surface area contributed by atoms with Crippen molar-refractivity contribution in [2.24, 2.45) is 5.92 Å². The first-order valence-electron chi connectivity index (χ1n) is 7.55. The smallest absolute Gasteiger partial charge is 0.310 e. The van der Waals surface area contributed by atoms with E-state index in [9.17, 15) is 9.59 Å². The molecule has 1 aliphatic carbocycles. The number of esters is 1. The molecule has 1 unspecified atom stereocenters. The lowest BCUT2D eigenvalue weighted by Crippen LogP contribution is -2.32. The van der Waals surface area contributed by atoms with Crippen LogP contribution in [0.5, 0.6) is 0 Å². The van der Waals surface area contributed by atoms with Gasteiger partial charge in [0.2, 0.25) is 5.91 Å². The van der Waals surface area contributed by atoms with E-state index >= 15 is 0 Å². The summed E-state index contributed by atoms with van der Waals surface area (Å²) >= 11 is 0. The molecule has 0 saturated heterocycles. The molecular weight excluding hydrogens is 282 g/mol. The first-order chi connectivity index (χ1) is 10.3. The Bertz CT molecular complexity index is 575. The monoisotopic (exact) mass is 305 g/mol. The average molecular weight is 305 g/mol. The lowest BCUT2D eigenvalue weighted by atomic mass is 9.82. The van der Waals surface area contributed by atoms with E-state index < -0.39 is 5.60 Å². The lowest BCUT2D eigenvalue weighted by molar-refractivity contribution is -0.153. The number of nitrogens with one attached hydrogen (secondary N) is 1. The zero-order valence-corrected chi connectivity index (χ0v) is 13.3. The molecule has 1 aromatic carbocycles. The van der Waals surface area contributed by atoms with Crippen molar-refractivity contribution >= 4 is 11.9 Å². The predicted molar refractivity (Wildman–Crippen MR) is 81.4 cm³/mol. The van der Waals surface area contributed by atoms with Crippen molar-refractivity contribution in [3.05, 3.63) is 34.9 Å². The molecule has 0 aromatic heterocycles. The number of fused-ring (bicyclic) bond motifs is 1. The molecule has 5 nitrogen and oxygen atoms in total. The number of benzene rings is 1. The summed E-state index contributed by atoms with van der Waals surface area (Å²) in [6, 6.07) is 5.92. The Morgan fingerprint density at radius 1 is 1.32 bits per heavy atom. The van der Waals surface area contributed by atoms with Gasteiger partial charge in [0, 0.05) is 5.92 Å². The number of aryl methyl sites for hydroxylation is 1. The number of hydroxylamine groups is 1. The standard InChI is InChI=1S/C17H23NO4/c1-17(2,3)22-15(19)9-11-4-5-12-6-7-13(16(20)18-21)10-14(12)8-11/h4-5,8,13,21H,6-7,9-10H2,1-3H3,(H,18,20). The van der Waals surface area contributed by atoms with Gasteiger partial charge < -0.3 is 4.74 Å². The highest BCUT2D eigenvalue weighted by Crippen LogP contribution is 2.27. The first kappa shape index (κ1) is 16.5. The summed E-state index contributed by atoms with van der Waals surface area (Å²) in [5.74, 6) is -0.814. The Kier molecular flexibility index (Phi) is 4.86. The van der Waals surface area contributed by atoms with Crippen molar-refractivity contribution in [1.82, 2.24) is 5.48 Å². The number of amides is 1. The maximum absolute atomic E-state index is 11.9. The van der Waals surface area contributed by atoms with Crippen molar-refractivity contribution in [3.63, 3.8) is 0 Å². The number of carbonyl (C=O) groups excluding carboxylic acids is 2. The minimum absolute atomic E-state index is 0.214. The van der Waals surface area contributed by atoms with Crippen LogP contribution in [0.2, 0.25) is 0 Å². The largest absolute Gasteiger partial charge is 0.460 e. The van der Waals surface area contributed by atoms with E-state index in [1.54, 1.807) is 5.48 Å². The van der Waals surface area contributed by atoms with Gasteiger partial charge in [0.1, 0.15) is 5.60 Å². The third-order valence-corrected chi connectivity index (χ3v) is 3.75. The second-order valence-electron chi connectivity index (χ2n) is 6.78. The summed E-state index contributed by atoms with van der Waals surface area (Å²) in [5, 5.41) is 8.76. The Morgan fingerprint density at radius 2 is 2.05 bits per heavy atom. The molecule has 0 spiro atoms. The van der Waals surface area contributed by atoms with Crippen molar-refractivity contribution in [3.8, 4) is 0 Å². The van der Waals surface area contributed by atoms with Crippen LogP contribution in [0.15, 0.2) is 18.2 Å². The summed E-state index contributed by atoms with van der Waals surface area (Å²) < 4.78 is 5.33. The van der Waals surface area contributed by atoms with Gasteiger partial charge in [0.15, 0.2) is 0 Å². The lowest BCUT2D eigenvalue weighted by Gasteiger charge is -2.24. The van der Waals surface area contributed by atoms with Crippen LogP contribution >= 0.6 is 0 Å². The van der Waals surface area contributed by atoms with Gasteiger partial charge in [-0.1, -0.05) is 18.2 Å². The molecule has 0 aliphatic heterocycles. The molecule has 0 saturated carbocycles.